The van der Waals surface area contributed by atoms with Gasteiger partial charge in [-0.15, -0.1) is 0 Å². The van der Waals surface area contributed by atoms with E-state index in [-0.39, 0.29) is 0 Å². The smallest absolute Gasteiger partial charge is 0.0767 e. The molecule has 21 heavy (non-hydrogen) atoms. The van der Waals surface area contributed by atoms with E-state index in [1.165, 1.54) is 18.5 Å². The summed E-state index contributed by atoms with van der Waals surface area (Å²) in [4.78, 5) is 7.16. The Hall–Kier alpha value is -1.61. The molecule has 1 aliphatic heterocycles. The SMILES string of the molecule is CC1CC(C)C(C)N(Cc2ccc(N)c3cccnc23)C1. The van der Waals surface area contributed by atoms with Gasteiger partial charge in [-0.3, -0.25) is 9.88 Å². The van der Waals surface area contributed by atoms with Gasteiger partial charge in [0.1, 0.15) is 0 Å². The van der Waals surface area contributed by atoms with Crippen LogP contribution >= 0.6 is 0 Å². The van der Waals surface area contributed by atoms with E-state index in [9.17, 15) is 0 Å². The van der Waals surface area contributed by atoms with Gasteiger partial charge in [-0.2, -0.15) is 0 Å². The normalized spacial score (nSPS) is 27.1. The molecule has 3 heteroatoms. The van der Waals surface area contributed by atoms with E-state index in [4.69, 9.17) is 5.73 Å². The Balaban J connectivity index is 1.93. The molecular formula is C18H25N3. The number of aromatic nitrogens is 1. The van der Waals surface area contributed by atoms with E-state index in [0.717, 1.165) is 35.0 Å². The van der Waals surface area contributed by atoms with Crippen molar-refractivity contribution in [2.45, 2.75) is 39.8 Å². The van der Waals surface area contributed by atoms with Crippen molar-refractivity contribution in [3.05, 3.63) is 36.0 Å². The summed E-state index contributed by atoms with van der Waals surface area (Å²) in [6, 6.07) is 8.79. The molecule has 0 spiro atoms. The van der Waals surface area contributed by atoms with Crippen molar-refractivity contribution < 1.29 is 0 Å². The Labute approximate surface area is 127 Å². The zero-order chi connectivity index (χ0) is 15.0. The fourth-order valence-electron chi connectivity index (χ4n) is 3.64. The highest BCUT2D eigenvalue weighted by molar-refractivity contribution is 5.92. The maximum atomic E-state index is 6.08. The molecule has 0 saturated carbocycles. The molecule has 3 unspecified atom stereocenters. The lowest BCUT2D eigenvalue weighted by molar-refractivity contribution is 0.0733. The third kappa shape index (κ3) is 2.75. The zero-order valence-electron chi connectivity index (χ0n) is 13.2. The van der Waals surface area contributed by atoms with Crippen LogP contribution < -0.4 is 5.73 Å². The summed E-state index contributed by atoms with van der Waals surface area (Å²) in [6.07, 6.45) is 3.19. The van der Waals surface area contributed by atoms with Crippen LogP contribution in [-0.4, -0.2) is 22.5 Å². The van der Waals surface area contributed by atoms with E-state index in [2.05, 4.69) is 42.8 Å². The van der Waals surface area contributed by atoms with Crippen LogP contribution in [0.25, 0.3) is 10.9 Å². The first-order valence-corrected chi connectivity index (χ1v) is 7.92. The van der Waals surface area contributed by atoms with Crippen LogP contribution in [0, 0.1) is 11.8 Å². The number of anilines is 1. The number of fused-ring (bicyclic) bond motifs is 1. The molecule has 2 aromatic rings. The van der Waals surface area contributed by atoms with Crippen LogP contribution in [0.1, 0.15) is 32.8 Å². The summed E-state index contributed by atoms with van der Waals surface area (Å²) in [6.45, 7) is 9.21. The molecule has 1 aliphatic rings. The molecule has 112 valence electrons. The minimum absolute atomic E-state index is 0.623. The van der Waals surface area contributed by atoms with Gasteiger partial charge in [0.15, 0.2) is 0 Å². The fourth-order valence-corrected chi connectivity index (χ4v) is 3.64. The molecule has 3 rings (SSSR count). The number of piperidine rings is 1. The summed E-state index contributed by atoms with van der Waals surface area (Å²) < 4.78 is 0. The van der Waals surface area contributed by atoms with Crippen LogP contribution in [0.2, 0.25) is 0 Å². The topological polar surface area (TPSA) is 42.1 Å². The van der Waals surface area contributed by atoms with E-state index in [1.54, 1.807) is 0 Å². The summed E-state index contributed by atoms with van der Waals surface area (Å²) in [5.41, 5.74) is 9.23. The summed E-state index contributed by atoms with van der Waals surface area (Å²) in [7, 11) is 0. The number of pyridine rings is 1. The highest BCUT2D eigenvalue weighted by atomic mass is 15.2. The summed E-state index contributed by atoms with van der Waals surface area (Å²) in [5, 5.41) is 1.07. The third-order valence-electron chi connectivity index (χ3n) is 4.98. The predicted octanol–water partition coefficient (Wildman–Crippen LogP) is 3.68. The predicted molar refractivity (Wildman–Crippen MR) is 89.0 cm³/mol. The largest absolute Gasteiger partial charge is 0.398 e. The average molecular weight is 283 g/mol. The highest BCUT2D eigenvalue weighted by Crippen LogP contribution is 2.30. The fraction of sp³-hybridized carbons (Fsp3) is 0.500. The van der Waals surface area contributed by atoms with E-state index in [1.807, 2.05) is 18.3 Å². The van der Waals surface area contributed by atoms with Gasteiger partial charge >= 0.3 is 0 Å². The van der Waals surface area contributed by atoms with Crippen molar-refractivity contribution >= 4 is 16.6 Å². The van der Waals surface area contributed by atoms with Gasteiger partial charge in [-0.25, -0.2) is 0 Å². The Morgan fingerprint density at radius 2 is 2.05 bits per heavy atom. The summed E-state index contributed by atoms with van der Waals surface area (Å²) in [5.74, 6) is 1.52. The quantitative estimate of drug-likeness (QED) is 0.855. The highest BCUT2D eigenvalue weighted by Gasteiger charge is 2.28. The van der Waals surface area contributed by atoms with Gasteiger partial charge in [0, 0.05) is 36.4 Å². The maximum Gasteiger partial charge on any atom is 0.0767 e. The van der Waals surface area contributed by atoms with Gasteiger partial charge < -0.3 is 5.73 Å². The molecule has 3 nitrogen and oxygen atoms in total. The lowest BCUT2D eigenvalue weighted by atomic mass is 9.85. The Kier molecular flexibility index (Phi) is 3.85. The molecule has 2 heterocycles. The number of hydrogen-bond donors (Lipinski definition) is 1. The Bertz CT molecular complexity index is 637. The van der Waals surface area contributed by atoms with Crippen LogP contribution in [0.4, 0.5) is 5.69 Å². The summed E-state index contributed by atoms with van der Waals surface area (Å²) >= 11 is 0. The molecule has 0 radical (unpaired) electrons. The zero-order valence-corrected chi connectivity index (χ0v) is 13.2. The molecule has 0 amide bonds. The van der Waals surface area contributed by atoms with Crippen molar-refractivity contribution in [3.8, 4) is 0 Å². The van der Waals surface area contributed by atoms with E-state index in [0.29, 0.717) is 6.04 Å². The number of likely N-dealkylation sites (tertiary alicyclic amines) is 1. The standard InChI is InChI=1S/C18H25N3/c1-12-9-13(2)14(3)21(10-12)11-15-6-7-17(19)16-5-4-8-20-18(15)16/h4-8,12-14H,9-11,19H2,1-3H3. The Morgan fingerprint density at radius 3 is 2.86 bits per heavy atom. The molecule has 1 aromatic carbocycles. The maximum absolute atomic E-state index is 6.08. The van der Waals surface area contributed by atoms with E-state index < -0.39 is 0 Å². The number of nitrogen functional groups attached to an aromatic ring is 1. The minimum atomic E-state index is 0.623. The van der Waals surface area contributed by atoms with Crippen molar-refractivity contribution in [2.75, 3.05) is 12.3 Å². The second-order valence-electron chi connectivity index (χ2n) is 6.70. The second kappa shape index (κ2) is 5.64. The van der Waals surface area contributed by atoms with Crippen molar-refractivity contribution in [1.29, 1.82) is 0 Å². The number of rotatable bonds is 2. The van der Waals surface area contributed by atoms with Crippen molar-refractivity contribution in [1.82, 2.24) is 9.88 Å². The average Bonchev–Trinajstić information content (AvgIpc) is 2.47. The minimum Gasteiger partial charge on any atom is -0.398 e. The monoisotopic (exact) mass is 283 g/mol. The number of nitrogens with two attached hydrogens (primary N) is 1. The van der Waals surface area contributed by atoms with Crippen molar-refractivity contribution in [2.24, 2.45) is 11.8 Å². The molecule has 2 N–H and O–H groups in total. The van der Waals surface area contributed by atoms with Crippen LogP contribution in [-0.2, 0) is 6.54 Å². The first-order chi connectivity index (χ1) is 10.1. The molecular weight excluding hydrogens is 258 g/mol. The van der Waals surface area contributed by atoms with E-state index >= 15 is 0 Å². The van der Waals surface area contributed by atoms with Crippen molar-refractivity contribution in [3.63, 3.8) is 0 Å². The molecule has 0 bridgehead atoms. The first kappa shape index (κ1) is 14.3. The molecule has 3 atom stereocenters. The number of nitrogens with zero attached hydrogens (tertiary/aromatic N) is 2. The molecule has 1 saturated heterocycles. The lowest BCUT2D eigenvalue weighted by Crippen LogP contribution is -2.45. The van der Waals surface area contributed by atoms with Crippen LogP contribution in [0.5, 0.6) is 0 Å². The van der Waals surface area contributed by atoms with Gasteiger partial charge in [0.2, 0.25) is 0 Å². The van der Waals surface area contributed by atoms with Crippen LogP contribution in [0.3, 0.4) is 0 Å². The Morgan fingerprint density at radius 1 is 1.24 bits per heavy atom. The lowest BCUT2D eigenvalue weighted by Gasteiger charge is -2.41. The van der Waals surface area contributed by atoms with Gasteiger partial charge in [-0.05, 0) is 48.9 Å². The van der Waals surface area contributed by atoms with Gasteiger partial charge in [0.05, 0.1) is 5.52 Å². The third-order valence-corrected chi connectivity index (χ3v) is 4.98. The molecule has 1 fully saturated rings. The number of hydrogen-bond acceptors (Lipinski definition) is 3. The first-order valence-electron chi connectivity index (χ1n) is 7.92. The molecule has 1 aromatic heterocycles. The molecule has 0 aliphatic carbocycles. The van der Waals surface area contributed by atoms with Gasteiger partial charge in [-0.1, -0.05) is 19.9 Å². The van der Waals surface area contributed by atoms with Crippen LogP contribution in [0.15, 0.2) is 30.5 Å². The van der Waals surface area contributed by atoms with Gasteiger partial charge in [0.25, 0.3) is 0 Å². The second-order valence-corrected chi connectivity index (χ2v) is 6.70. The number of benzene rings is 1.